The van der Waals surface area contributed by atoms with Gasteiger partial charge in [0.15, 0.2) is 0 Å². The van der Waals surface area contributed by atoms with Gasteiger partial charge in [0.1, 0.15) is 0 Å². The van der Waals surface area contributed by atoms with Crippen LogP contribution in [0.25, 0.3) is 0 Å². The number of halogens is 1. The molecule has 0 aromatic heterocycles. The average Bonchev–Trinajstić information content (AvgIpc) is 2.09. The number of benzene rings is 1. The molecule has 0 amide bonds. The molecule has 0 radical (unpaired) electrons. The van der Waals surface area contributed by atoms with Crippen LogP contribution in [-0.4, -0.2) is 6.54 Å². The van der Waals surface area contributed by atoms with Crippen LogP contribution in [0.15, 0.2) is 22.7 Å². The van der Waals surface area contributed by atoms with Crippen LogP contribution >= 0.6 is 15.9 Å². The summed E-state index contributed by atoms with van der Waals surface area (Å²) in [6.45, 7) is 3.19. The number of nitrogens with two attached hydrogens (primary N) is 1. The summed E-state index contributed by atoms with van der Waals surface area (Å²) in [5.74, 6) is 0. The lowest BCUT2D eigenvalue weighted by Gasteiger charge is -2.07. The molecule has 1 rings (SSSR count). The molecular formula is C10H15BrN2. The standard InChI is InChI=1S/C10H15BrN2/c1-2-3-6-13-10-5-4-8(12)7-9(10)11/h4-5,7,13H,2-3,6,12H2,1H3. The minimum absolute atomic E-state index is 0.785. The van der Waals surface area contributed by atoms with Gasteiger partial charge >= 0.3 is 0 Å². The van der Waals surface area contributed by atoms with Crippen LogP contribution in [0.3, 0.4) is 0 Å². The Labute approximate surface area is 87.6 Å². The maximum Gasteiger partial charge on any atom is 0.0486 e. The van der Waals surface area contributed by atoms with Crippen LogP contribution in [0.1, 0.15) is 19.8 Å². The van der Waals surface area contributed by atoms with Crippen molar-refractivity contribution < 1.29 is 0 Å². The fraction of sp³-hybridized carbons (Fsp3) is 0.400. The van der Waals surface area contributed by atoms with E-state index in [0.29, 0.717) is 0 Å². The second kappa shape index (κ2) is 5.12. The van der Waals surface area contributed by atoms with Gasteiger partial charge in [-0.25, -0.2) is 0 Å². The predicted octanol–water partition coefficient (Wildman–Crippen LogP) is 3.24. The summed E-state index contributed by atoms with van der Waals surface area (Å²) >= 11 is 3.46. The first kappa shape index (κ1) is 10.4. The summed E-state index contributed by atoms with van der Waals surface area (Å²) in [5.41, 5.74) is 7.52. The van der Waals surface area contributed by atoms with Crippen molar-refractivity contribution in [2.45, 2.75) is 19.8 Å². The van der Waals surface area contributed by atoms with E-state index in [0.717, 1.165) is 22.4 Å². The monoisotopic (exact) mass is 242 g/mol. The number of nitrogens with one attached hydrogen (secondary N) is 1. The summed E-state index contributed by atoms with van der Waals surface area (Å²) in [6, 6.07) is 5.81. The van der Waals surface area contributed by atoms with Gasteiger partial charge in [0.2, 0.25) is 0 Å². The number of hydrogen-bond acceptors (Lipinski definition) is 2. The molecule has 0 saturated carbocycles. The van der Waals surface area contributed by atoms with Crippen LogP contribution in [-0.2, 0) is 0 Å². The molecule has 3 N–H and O–H groups in total. The molecule has 72 valence electrons. The third kappa shape index (κ3) is 3.27. The first-order valence-electron chi connectivity index (χ1n) is 4.53. The zero-order valence-electron chi connectivity index (χ0n) is 7.81. The third-order valence-electron chi connectivity index (χ3n) is 1.84. The average molecular weight is 243 g/mol. The van der Waals surface area contributed by atoms with Crippen LogP contribution in [0, 0.1) is 0 Å². The van der Waals surface area contributed by atoms with Crippen molar-refractivity contribution in [3.63, 3.8) is 0 Å². The van der Waals surface area contributed by atoms with Gasteiger partial charge in [-0.15, -0.1) is 0 Å². The van der Waals surface area contributed by atoms with Gasteiger partial charge in [-0.3, -0.25) is 0 Å². The molecule has 0 aliphatic rings. The van der Waals surface area contributed by atoms with Gasteiger partial charge in [-0.05, 0) is 40.5 Å². The Balaban J connectivity index is 2.56. The highest BCUT2D eigenvalue weighted by Crippen LogP contribution is 2.24. The maximum atomic E-state index is 5.62. The number of rotatable bonds is 4. The molecule has 0 unspecified atom stereocenters. The van der Waals surface area contributed by atoms with E-state index in [1.54, 1.807) is 0 Å². The van der Waals surface area contributed by atoms with Gasteiger partial charge in [0.25, 0.3) is 0 Å². The lowest BCUT2D eigenvalue weighted by Crippen LogP contribution is -2.01. The van der Waals surface area contributed by atoms with Crippen LogP contribution < -0.4 is 11.1 Å². The Kier molecular flexibility index (Phi) is 4.09. The fourth-order valence-electron chi connectivity index (χ4n) is 1.07. The molecule has 2 nitrogen and oxygen atoms in total. The molecule has 0 aliphatic heterocycles. The van der Waals surface area contributed by atoms with E-state index in [1.807, 2.05) is 18.2 Å². The van der Waals surface area contributed by atoms with Crippen molar-refractivity contribution in [2.24, 2.45) is 0 Å². The zero-order valence-corrected chi connectivity index (χ0v) is 9.39. The van der Waals surface area contributed by atoms with Crippen molar-refractivity contribution >= 4 is 27.3 Å². The van der Waals surface area contributed by atoms with E-state index >= 15 is 0 Å². The maximum absolute atomic E-state index is 5.62. The first-order valence-corrected chi connectivity index (χ1v) is 5.32. The van der Waals surface area contributed by atoms with Crippen LogP contribution in [0.4, 0.5) is 11.4 Å². The van der Waals surface area contributed by atoms with E-state index < -0.39 is 0 Å². The molecule has 0 aliphatic carbocycles. The van der Waals surface area contributed by atoms with E-state index in [1.165, 1.54) is 12.8 Å². The highest BCUT2D eigenvalue weighted by atomic mass is 79.9. The number of hydrogen-bond donors (Lipinski definition) is 2. The molecular weight excluding hydrogens is 228 g/mol. The van der Waals surface area contributed by atoms with E-state index in [9.17, 15) is 0 Å². The van der Waals surface area contributed by atoms with Gasteiger partial charge in [-0.2, -0.15) is 0 Å². The van der Waals surface area contributed by atoms with Crippen LogP contribution in [0.5, 0.6) is 0 Å². The summed E-state index contributed by atoms with van der Waals surface area (Å²) < 4.78 is 1.03. The molecule has 0 fully saturated rings. The molecule has 0 atom stereocenters. The lowest BCUT2D eigenvalue weighted by molar-refractivity contribution is 0.834. The molecule has 0 heterocycles. The van der Waals surface area contributed by atoms with Crippen molar-refractivity contribution in [3.05, 3.63) is 22.7 Å². The number of nitrogen functional groups attached to an aromatic ring is 1. The second-order valence-electron chi connectivity index (χ2n) is 3.02. The minimum atomic E-state index is 0.785. The summed E-state index contributed by atoms with van der Waals surface area (Å²) in [4.78, 5) is 0. The Bertz CT molecular complexity index is 274. The van der Waals surface area contributed by atoms with E-state index in [4.69, 9.17) is 5.73 Å². The Morgan fingerprint density at radius 3 is 2.85 bits per heavy atom. The van der Waals surface area contributed by atoms with Gasteiger partial charge in [-0.1, -0.05) is 13.3 Å². The summed E-state index contributed by atoms with van der Waals surface area (Å²) in [5, 5.41) is 3.34. The first-order chi connectivity index (χ1) is 6.24. The fourth-order valence-corrected chi connectivity index (χ4v) is 1.61. The largest absolute Gasteiger partial charge is 0.399 e. The second-order valence-corrected chi connectivity index (χ2v) is 3.87. The number of anilines is 2. The molecule has 3 heteroatoms. The smallest absolute Gasteiger partial charge is 0.0486 e. The molecule has 1 aromatic carbocycles. The van der Waals surface area contributed by atoms with Gasteiger partial charge < -0.3 is 11.1 Å². The van der Waals surface area contributed by atoms with Crippen LogP contribution in [0.2, 0.25) is 0 Å². The highest BCUT2D eigenvalue weighted by molar-refractivity contribution is 9.10. The van der Waals surface area contributed by atoms with E-state index in [2.05, 4.69) is 28.2 Å². The molecule has 0 saturated heterocycles. The predicted molar refractivity (Wildman–Crippen MR) is 62.0 cm³/mol. The van der Waals surface area contributed by atoms with Crippen molar-refractivity contribution in [3.8, 4) is 0 Å². The molecule has 13 heavy (non-hydrogen) atoms. The molecule has 0 spiro atoms. The van der Waals surface area contributed by atoms with Crippen molar-refractivity contribution in [1.29, 1.82) is 0 Å². The number of unbranched alkanes of at least 4 members (excludes halogenated alkanes) is 1. The normalized spacial score (nSPS) is 10.0. The van der Waals surface area contributed by atoms with Crippen molar-refractivity contribution in [2.75, 3.05) is 17.6 Å². The zero-order chi connectivity index (χ0) is 9.68. The van der Waals surface area contributed by atoms with Gasteiger partial charge in [0.05, 0.1) is 0 Å². The molecule has 0 bridgehead atoms. The molecule has 1 aromatic rings. The minimum Gasteiger partial charge on any atom is -0.399 e. The Morgan fingerprint density at radius 2 is 2.23 bits per heavy atom. The lowest BCUT2D eigenvalue weighted by atomic mass is 10.2. The summed E-state index contributed by atoms with van der Waals surface area (Å²) in [7, 11) is 0. The topological polar surface area (TPSA) is 38.0 Å². The van der Waals surface area contributed by atoms with Crippen molar-refractivity contribution in [1.82, 2.24) is 0 Å². The third-order valence-corrected chi connectivity index (χ3v) is 2.50. The quantitative estimate of drug-likeness (QED) is 0.629. The van der Waals surface area contributed by atoms with E-state index in [-0.39, 0.29) is 0 Å². The van der Waals surface area contributed by atoms with Gasteiger partial charge in [0, 0.05) is 22.4 Å². The summed E-state index contributed by atoms with van der Waals surface area (Å²) in [6.07, 6.45) is 2.40. The SMILES string of the molecule is CCCCNc1ccc(N)cc1Br. The Morgan fingerprint density at radius 1 is 1.46 bits per heavy atom. The Hall–Kier alpha value is -0.700. The highest BCUT2D eigenvalue weighted by Gasteiger charge is 1.97.